The van der Waals surface area contributed by atoms with Crippen molar-refractivity contribution >= 4 is 29.3 Å². The quantitative estimate of drug-likeness (QED) is 0.430. The van der Waals surface area contributed by atoms with Crippen LogP contribution in [0.4, 0.5) is 11.4 Å². The molecule has 2 aliphatic rings. The zero-order valence-corrected chi connectivity index (χ0v) is 22.8. The van der Waals surface area contributed by atoms with Crippen molar-refractivity contribution in [3.8, 4) is 0 Å². The van der Waals surface area contributed by atoms with E-state index in [4.69, 9.17) is 0 Å². The normalized spacial score (nSPS) is 17.6. The topological polar surface area (TPSA) is 76.1 Å². The summed E-state index contributed by atoms with van der Waals surface area (Å²) in [7, 11) is 8.03. The number of carboxylic acid groups (broad SMARTS) is 1. The van der Waals surface area contributed by atoms with E-state index in [9.17, 15) is 14.7 Å². The molecule has 0 saturated carbocycles. The van der Waals surface area contributed by atoms with Gasteiger partial charge in [0.1, 0.15) is 6.04 Å². The second-order valence-corrected chi connectivity index (χ2v) is 10.4. The van der Waals surface area contributed by atoms with E-state index in [2.05, 4.69) is 52.8 Å². The van der Waals surface area contributed by atoms with Crippen LogP contribution in [0.25, 0.3) is 6.08 Å². The van der Waals surface area contributed by atoms with Gasteiger partial charge in [-0.15, -0.1) is 0 Å². The highest BCUT2D eigenvalue weighted by molar-refractivity contribution is 6.05. The highest BCUT2D eigenvalue weighted by Gasteiger charge is 2.40. The number of carbonyl (C=O) groups excluding carboxylic acids is 1. The Bertz CT molecular complexity index is 1450. The smallest absolute Gasteiger partial charge is 0.336 e. The van der Waals surface area contributed by atoms with Crippen LogP contribution in [0.5, 0.6) is 0 Å². The maximum absolute atomic E-state index is 14.0. The standard InChI is InChI=1S/C32H34N4O3/c1-34(2)24-16-12-21(13-17-24)20-23-8-7-11-28-29(23)33-36(30(28)22-14-18-25(19-15-22)35(3)4)31(37)26-9-5-6-10-27(26)32(38)39/h5-6,9-10,12-20,30,33H,7-8,11H2,1-4H3,(H,38,39)/b23-20-/t30-/m1/s1. The Morgan fingerprint density at radius 3 is 2.03 bits per heavy atom. The van der Waals surface area contributed by atoms with Crippen molar-refractivity contribution in [2.75, 3.05) is 38.0 Å². The van der Waals surface area contributed by atoms with Crippen molar-refractivity contribution in [2.24, 2.45) is 0 Å². The Morgan fingerprint density at radius 2 is 1.44 bits per heavy atom. The molecule has 0 spiro atoms. The first-order valence-electron chi connectivity index (χ1n) is 13.2. The fraction of sp³-hybridized carbons (Fsp3) is 0.250. The number of aromatic carboxylic acids is 1. The highest BCUT2D eigenvalue weighted by Crippen LogP contribution is 2.44. The van der Waals surface area contributed by atoms with Crippen LogP contribution in [0.2, 0.25) is 0 Å². The molecule has 1 amide bonds. The zero-order chi connectivity index (χ0) is 27.7. The summed E-state index contributed by atoms with van der Waals surface area (Å²) >= 11 is 0. The predicted molar refractivity (Wildman–Crippen MR) is 156 cm³/mol. The summed E-state index contributed by atoms with van der Waals surface area (Å²) in [5.74, 6) is -1.48. The number of nitrogens with zero attached hydrogens (tertiary/aromatic N) is 3. The Balaban J connectivity index is 1.58. The molecule has 1 heterocycles. The molecule has 7 heteroatoms. The average Bonchev–Trinajstić information content (AvgIpc) is 3.33. The van der Waals surface area contributed by atoms with Crippen LogP contribution in [0.15, 0.2) is 89.6 Å². The van der Waals surface area contributed by atoms with E-state index in [1.165, 1.54) is 6.07 Å². The van der Waals surface area contributed by atoms with Crippen molar-refractivity contribution in [1.82, 2.24) is 10.4 Å². The van der Waals surface area contributed by atoms with E-state index >= 15 is 0 Å². The first-order valence-corrected chi connectivity index (χ1v) is 13.2. The molecule has 0 saturated heterocycles. The lowest BCUT2D eigenvalue weighted by Crippen LogP contribution is -2.40. The van der Waals surface area contributed by atoms with Gasteiger partial charge in [0.05, 0.1) is 16.8 Å². The largest absolute Gasteiger partial charge is 0.478 e. The molecule has 1 aliphatic carbocycles. The van der Waals surface area contributed by atoms with Crippen molar-refractivity contribution in [3.63, 3.8) is 0 Å². The van der Waals surface area contributed by atoms with E-state index in [1.807, 2.05) is 45.2 Å². The maximum Gasteiger partial charge on any atom is 0.336 e. The summed E-state index contributed by atoms with van der Waals surface area (Å²) in [6.45, 7) is 0. The number of hydrogen-bond donors (Lipinski definition) is 2. The van der Waals surface area contributed by atoms with Crippen LogP contribution in [-0.2, 0) is 0 Å². The molecular weight excluding hydrogens is 488 g/mol. The molecule has 7 nitrogen and oxygen atoms in total. The van der Waals surface area contributed by atoms with Gasteiger partial charge in [-0.1, -0.05) is 36.4 Å². The Morgan fingerprint density at radius 1 is 0.846 bits per heavy atom. The molecule has 0 bridgehead atoms. The molecule has 39 heavy (non-hydrogen) atoms. The lowest BCUT2D eigenvalue weighted by Gasteiger charge is -2.28. The van der Waals surface area contributed by atoms with E-state index in [0.717, 1.165) is 58.6 Å². The summed E-state index contributed by atoms with van der Waals surface area (Å²) in [5.41, 5.74) is 11.1. The van der Waals surface area contributed by atoms with Crippen LogP contribution in [0, 0.1) is 0 Å². The summed E-state index contributed by atoms with van der Waals surface area (Å²) in [5, 5.41) is 11.4. The summed E-state index contributed by atoms with van der Waals surface area (Å²) in [6.07, 6.45) is 4.90. The van der Waals surface area contributed by atoms with Crippen molar-refractivity contribution < 1.29 is 14.7 Å². The lowest BCUT2D eigenvalue weighted by atomic mass is 9.85. The number of nitrogens with one attached hydrogen (secondary N) is 1. The number of carbonyl (C=O) groups is 2. The number of carboxylic acids is 1. The van der Waals surface area contributed by atoms with Gasteiger partial charge in [-0.25, -0.2) is 9.80 Å². The number of benzene rings is 3. The lowest BCUT2D eigenvalue weighted by molar-refractivity contribution is 0.0629. The number of allylic oxidation sites excluding steroid dienone is 1. The summed E-state index contributed by atoms with van der Waals surface area (Å²) in [6, 6.07) is 22.7. The Labute approximate surface area is 229 Å². The number of hydrogen-bond acceptors (Lipinski definition) is 5. The van der Waals surface area contributed by atoms with Gasteiger partial charge in [-0.05, 0) is 84.0 Å². The van der Waals surface area contributed by atoms with E-state index < -0.39 is 5.97 Å². The average molecular weight is 523 g/mol. The highest BCUT2D eigenvalue weighted by atomic mass is 16.4. The number of anilines is 2. The third kappa shape index (κ3) is 5.12. The molecule has 0 radical (unpaired) electrons. The summed E-state index contributed by atoms with van der Waals surface area (Å²) in [4.78, 5) is 30.0. The molecule has 5 rings (SSSR count). The third-order valence-electron chi connectivity index (χ3n) is 7.44. The van der Waals surface area contributed by atoms with Gasteiger partial charge >= 0.3 is 5.97 Å². The first kappa shape index (κ1) is 26.1. The van der Waals surface area contributed by atoms with Gasteiger partial charge in [0.25, 0.3) is 5.91 Å². The van der Waals surface area contributed by atoms with Gasteiger partial charge in [-0.2, -0.15) is 0 Å². The molecule has 2 N–H and O–H groups in total. The second-order valence-electron chi connectivity index (χ2n) is 10.4. The van der Waals surface area contributed by atoms with Crippen LogP contribution < -0.4 is 15.2 Å². The molecule has 3 aromatic carbocycles. The van der Waals surface area contributed by atoms with Crippen molar-refractivity contribution in [1.29, 1.82) is 0 Å². The molecule has 200 valence electrons. The fourth-order valence-corrected chi connectivity index (χ4v) is 5.36. The van der Waals surface area contributed by atoms with Crippen LogP contribution >= 0.6 is 0 Å². The Hall–Kier alpha value is -4.52. The van der Waals surface area contributed by atoms with Gasteiger partial charge in [-0.3, -0.25) is 10.2 Å². The zero-order valence-electron chi connectivity index (χ0n) is 22.8. The Kier molecular flexibility index (Phi) is 7.15. The van der Waals surface area contributed by atoms with Crippen molar-refractivity contribution in [3.05, 3.63) is 112 Å². The molecule has 3 aromatic rings. The second kappa shape index (κ2) is 10.7. The fourth-order valence-electron chi connectivity index (χ4n) is 5.36. The molecular formula is C32H34N4O3. The number of amides is 1. The monoisotopic (exact) mass is 522 g/mol. The van der Waals surface area contributed by atoms with Gasteiger partial charge < -0.3 is 14.9 Å². The van der Waals surface area contributed by atoms with Gasteiger partial charge in [0, 0.05) is 39.6 Å². The maximum atomic E-state index is 14.0. The van der Waals surface area contributed by atoms with E-state index in [-0.39, 0.29) is 23.1 Å². The van der Waals surface area contributed by atoms with Crippen LogP contribution in [0.3, 0.4) is 0 Å². The van der Waals surface area contributed by atoms with Crippen LogP contribution in [0.1, 0.15) is 57.1 Å². The molecule has 0 fully saturated rings. The summed E-state index contributed by atoms with van der Waals surface area (Å²) < 4.78 is 0. The van der Waals surface area contributed by atoms with Crippen molar-refractivity contribution in [2.45, 2.75) is 25.3 Å². The minimum Gasteiger partial charge on any atom is -0.478 e. The molecule has 1 aliphatic heterocycles. The molecule has 1 atom stereocenters. The SMILES string of the molecule is CN(C)c1ccc(/C=C2/CCCC3=C2NN(C(=O)c2ccccc2C(=O)O)[C@@H]3c2ccc(N(C)C)cc2)cc1. The molecule has 0 unspecified atom stereocenters. The van der Waals surface area contributed by atoms with Gasteiger partial charge in [0.15, 0.2) is 0 Å². The van der Waals surface area contributed by atoms with E-state index in [0.29, 0.717) is 0 Å². The van der Waals surface area contributed by atoms with Gasteiger partial charge in [0.2, 0.25) is 0 Å². The van der Waals surface area contributed by atoms with Crippen LogP contribution in [-0.4, -0.2) is 50.2 Å². The third-order valence-corrected chi connectivity index (χ3v) is 7.44. The predicted octanol–water partition coefficient (Wildman–Crippen LogP) is 5.74. The minimum atomic E-state index is -1.12. The van der Waals surface area contributed by atoms with E-state index in [1.54, 1.807) is 23.2 Å². The number of hydrazine groups is 1. The number of rotatable bonds is 6. The minimum absolute atomic E-state index is 0.00683. The first-order chi connectivity index (χ1) is 18.7. The molecule has 0 aromatic heterocycles.